The first-order valence-corrected chi connectivity index (χ1v) is 11.7. The topological polar surface area (TPSA) is 74.8 Å². The van der Waals surface area contributed by atoms with Crippen LogP contribution in [0.15, 0.2) is 29.6 Å². The first-order valence-electron chi connectivity index (χ1n) is 10.8. The maximum atomic E-state index is 12.9. The van der Waals surface area contributed by atoms with Crippen LogP contribution in [0.3, 0.4) is 0 Å². The number of ether oxygens (including phenoxy) is 1. The number of carbonyl (C=O) groups is 2. The van der Waals surface area contributed by atoms with Gasteiger partial charge < -0.3 is 15.0 Å². The average Bonchev–Trinajstić information content (AvgIpc) is 3.27. The lowest BCUT2D eigenvalue weighted by atomic mass is 10.0. The van der Waals surface area contributed by atoms with E-state index in [4.69, 9.17) is 4.74 Å². The van der Waals surface area contributed by atoms with E-state index >= 15 is 0 Å². The molecule has 0 spiro atoms. The van der Waals surface area contributed by atoms with E-state index in [9.17, 15) is 9.59 Å². The highest BCUT2D eigenvalue weighted by Gasteiger charge is 2.25. The summed E-state index contributed by atoms with van der Waals surface area (Å²) in [6.45, 7) is 8.55. The number of benzene rings is 1. The van der Waals surface area contributed by atoms with E-state index in [1.807, 2.05) is 10.3 Å². The number of amides is 2. The first kappa shape index (κ1) is 23.4. The maximum Gasteiger partial charge on any atom is 0.273 e. The van der Waals surface area contributed by atoms with Crippen molar-refractivity contribution in [2.75, 3.05) is 53.0 Å². The van der Waals surface area contributed by atoms with Gasteiger partial charge in [0.15, 0.2) is 0 Å². The first-order chi connectivity index (χ1) is 15.0. The number of piperazine rings is 1. The highest BCUT2D eigenvalue weighted by atomic mass is 32.1. The van der Waals surface area contributed by atoms with Crippen molar-refractivity contribution >= 4 is 23.2 Å². The fraction of sp³-hybridized carbons (Fsp3) is 0.522. The molecule has 0 bridgehead atoms. The fourth-order valence-corrected chi connectivity index (χ4v) is 4.29. The Morgan fingerprint density at radius 2 is 1.87 bits per heavy atom. The van der Waals surface area contributed by atoms with Gasteiger partial charge in [0.05, 0.1) is 6.54 Å². The van der Waals surface area contributed by atoms with Crippen LogP contribution in [0.1, 0.15) is 42.2 Å². The largest absolute Gasteiger partial charge is 0.385 e. The van der Waals surface area contributed by atoms with Gasteiger partial charge in [-0.25, -0.2) is 4.98 Å². The van der Waals surface area contributed by atoms with Crippen molar-refractivity contribution in [3.8, 4) is 10.6 Å². The monoisotopic (exact) mass is 444 g/mol. The van der Waals surface area contributed by atoms with Gasteiger partial charge in [0.2, 0.25) is 5.91 Å². The van der Waals surface area contributed by atoms with Gasteiger partial charge in [0.1, 0.15) is 10.7 Å². The lowest BCUT2D eigenvalue weighted by molar-refractivity contribution is -0.122. The third kappa shape index (κ3) is 6.59. The summed E-state index contributed by atoms with van der Waals surface area (Å²) in [6.07, 6.45) is 0.808. The molecule has 0 atom stereocenters. The number of hydrogen-bond donors (Lipinski definition) is 1. The van der Waals surface area contributed by atoms with E-state index in [0.717, 1.165) is 17.0 Å². The zero-order valence-corrected chi connectivity index (χ0v) is 19.4. The van der Waals surface area contributed by atoms with E-state index < -0.39 is 0 Å². The molecular weight excluding hydrogens is 412 g/mol. The number of thiazole rings is 1. The van der Waals surface area contributed by atoms with Crippen molar-refractivity contribution in [3.05, 3.63) is 40.9 Å². The lowest BCUT2D eigenvalue weighted by Crippen LogP contribution is -2.51. The Bertz CT molecular complexity index is 858. The molecule has 3 rings (SSSR count). The second-order valence-corrected chi connectivity index (χ2v) is 8.94. The minimum absolute atomic E-state index is 0.0171. The van der Waals surface area contributed by atoms with Crippen molar-refractivity contribution in [3.63, 3.8) is 0 Å². The number of rotatable bonds is 9. The minimum atomic E-state index is -0.0371. The molecule has 1 saturated heterocycles. The van der Waals surface area contributed by atoms with Crippen LogP contribution in [0.2, 0.25) is 0 Å². The zero-order chi connectivity index (χ0) is 22.2. The number of carbonyl (C=O) groups excluding carboxylic acids is 2. The summed E-state index contributed by atoms with van der Waals surface area (Å²) in [5.74, 6) is 0.469. The van der Waals surface area contributed by atoms with Gasteiger partial charge in [0, 0.05) is 57.4 Å². The molecule has 1 aliphatic rings. The molecule has 1 aliphatic heterocycles. The molecule has 1 aromatic carbocycles. The summed E-state index contributed by atoms with van der Waals surface area (Å²) >= 11 is 1.50. The molecule has 8 heteroatoms. The van der Waals surface area contributed by atoms with Crippen LogP contribution in [-0.4, -0.2) is 79.6 Å². The quantitative estimate of drug-likeness (QED) is 0.602. The molecule has 1 aromatic heterocycles. The third-order valence-electron chi connectivity index (χ3n) is 5.42. The lowest BCUT2D eigenvalue weighted by Gasteiger charge is -2.33. The van der Waals surface area contributed by atoms with Crippen molar-refractivity contribution in [2.45, 2.75) is 26.2 Å². The number of methoxy groups -OCH3 is 1. The zero-order valence-electron chi connectivity index (χ0n) is 18.6. The van der Waals surface area contributed by atoms with Gasteiger partial charge in [-0.05, 0) is 17.9 Å². The molecule has 31 heavy (non-hydrogen) atoms. The number of nitrogens with zero attached hydrogens (tertiary/aromatic N) is 3. The van der Waals surface area contributed by atoms with Gasteiger partial charge in [0.25, 0.3) is 5.91 Å². The van der Waals surface area contributed by atoms with Crippen LogP contribution in [0.25, 0.3) is 10.6 Å². The molecule has 2 amide bonds. The number of hydrogen-bond acceptors (Lipinski definition) is 6. The van der Waals surface area contributed by atoms with Crippen molar-refractivity contribution in [1.29, 1.82) is 0 Å². The normalized spacial score (nSPS) is 14.8. The molecule has 1 N–H and O–H groups in total. The Morgan fingerprint density at radius 1 is 1.16 bits per heavy atom. The maximum absolute atomic E-state index is 12.9. The molecule has 0 aliphatic carbocycles. The summed E-state index contributed by atoms with van der Waals surface area (Å²) in [5.41, 5.74) is 2.82. The average molecular weight is 445 g/mol. The summed E-state index contributed by atoms with van der Waals surface area (Å²) < 4.78 is 4.98. The predicted octanol–water partition coefficient (Wildman–Crippen LogP) is 2.84. The van der Waals surface area contributed by atoms with E-state index in [0.29, 0.717) is 57.5 Å². The van der Waals surface area contributed by atoms with E-state index in [1.165, 1.54) is 16.9 Å². The SMILES string of the molecule is COCCCNC(=O)CN1CCN(C(=O)c2csc(-c3ccc(C(C)C)cc3)n2)CC1. The van der Waals surface area contributed by atoms with Crippen molar-refractivity contribution in [2.24, 2.45) is 0 Å². The Hall–Kier alpha value is -2.29. The van der Waals surface area contributed by atoms with Gasteiger partial charge >= 0.3 is 0 Å². The second-order valence-electron chi connectivity index (χ2n) is 8.08. The Balaban J connectivity index is 1.48. The summed E-state index contributed by atoms with van der Waals surface area (Å²) in [5, 5.41) is 5.61. The van der Waals surface area contributed by atoms with Crippen LogP contribution >= 0.6 is 11.3 Å². The molecule has 0 saturated carbocycles. The van der Waals surface area contributed by atoms with Crippen LogP contribution < -0.4 is 5.32 Å². The fourth-order valence-electron chi connectivity index (χ4n) is 3.49. The Kier molecular flexibility index (Phi) is 8.57. The van der Waals surface area contributed by atoms with Gasteiger partial charge in [-0.3, -0.25) is 14.5 Å². The van der Waals surface area contributed by atoms with E-state index in [-0.39, 0.29) is 11.8 Å². The van der Waals surface area contributed by atoms with Crippen LogP contribution in [0.4, 0.5) is 0 Å². The van der Waals surface area contributed by atoms with Gasteiger partial charge in [-0.15, -0.1) is 11.3 Å². The summed E-state index contributed by atoms with van der Waals surface area (Å²) in [4.78, 5) is 33.4. The second kappa shape index (κ2) is 11.4. The molecule has 0 unspecified atom stereocenters. The molecular formula is C23H32N4O3S. The number of aromatic nitrogens is 1. The third-order valence-corrected chi connectivity index (χ3v) is 6.31. The van der Waals surface area contributed by atoms with E-state index in [1.54, 1.807) is 7.11 Å². The minimum Gasteiger partial charge on any atom is -0.385 e. The van der Waals surface area contributed by atoms with Gasteiger partial charge in [-0.2, -0.15) is 0 Å². The predicted molar refractivity (Wildman–Crippen MR) is 123 cm³/mol. The van der Waals surface area contributed by atoms with Crippen molar-refractivity contribution in [1.82, 2.24) is 20.1 Å². The molecule has 168 valence electrons. The smallest absolute Gasteiger partial charge is 0.273 e. The molecule has 2 aromatic rings. The highest BCUT2D eigenvalue weighted by Crippen LogP contribution is 2.26. The Morgan fingerprint density at radius 3 is 2.52 bits per heavy atom. The Labute approximate surface area is 188 Å². The summed E-state index contributed by atoms with van der Waals surface area (Å²) in [6, 6.07) is 8.38. The van der Waals surface area contributed by atoms with Crippen LogP contribution in [-0.2, 0) is 9.53 Å². The summed E-state index contributed by atoms with van der Waals surface area (Å²) in [7, 11) is 1.65. The molecule has 7 nitrogen and oxygen atoms in total. The standard InChI is InChI=1S/C23H32N4O3S/c1-17(2)18-5-7-19(8-6-18)22-25-20(16-31-22)23(29)27-12-10-26(11-13-27)15-21(28)24-9-4-14-30-3/h5-8,16-17H,4,9-15H2,1-3H3,(H,24,28). The molecule has 1 fully saturated rings. The van der Waals surface area contributed by atoms with Crippen LogP contribution in [0, 0.1) is 0 Å². The van der Waals surface area contributed by atoms with E-state index in [2.05, 4.69) is 53.3 Å². The van der Waals surface area contributed by atoms with Crippen molar-refractivity contribution < 1.29 is 14.3 Å². The van der Waals surface area contributed by atoms with Gasteiger partial charge in [-0.1, -0.05) is 38.1 Å². The van der Waals surface area contributed by atoms with Crippen LogP contribution in [0.5, 0.6) is 0 Å². The molecule has 0 radical (unpaired) electrons. The molecule has 2 heterocycles. The highest BCUT2D eigenvalue weighted by molar-refractivity contribution is 7.13. The number of nitrogens with one attached hydrogen (secondary N) is 1.